The van der Waals surface area contributed by atoms with E-state index in [4.69, 9.17) is 11.5 Å². The molecule has 9 heteroatoms. The maximum absolute atomic E-state index is 12.4. The van der Waals surface area contributed by atoms with Gasteiger partial charge in [0.25, 0.3) is 0 Å². The van der Waals surface area contributed by atoms with Crippen LogP contribution in [0.3, 0.4) is 0 Å². The third kappa shape index (κ3) is 2.58. The molecule has 1 heterocycles. The molecule has 0 atom stereocenters. The molecule has 8 nitrogen and oxygen atoms in total. The molecular weight excluding hydrogens is 284 g/mol. The Labute approximate surface area is 115 Å². The lowest BCUT2D eigenvalue weighted by Crippen LogP contribution is -2.49. The first-order valence-electron chi connectivity index (χ1n) is 5.78. The second kappa shape index (κ2) is 5.10. The van der Waals surface area contributed by atoms with E-state index in [1.54, 1.807) is 0 Å². The highest BCUT2D eigenvalue weighted by Gasteiger charge is 2.30. The zero-order valence-corrected chi connectivity index (χ0v) is 11.3. The first kappa shape index (κ1) is 14.3. The van der Waals surface area contributed by atoms with Gasteiger partial charge in [0.2, 0.25) is 21.8 Å². The quantitative estimate of drug-likeness (QED) is 0.583. The van der Waals surface area contributed by atoms with Crippen molar-refractivity contribution in [2.45, 2.75) is 4.90 Å². The summed E-state index contributed by atoms with van der Waals surface area (Å²) in [5, 5.41) is 2.54. The summed E-state index contributed by atoms with van der Waals surface area (Å²) < 4.78 is 25.8. The second-order valence-corrected chi connectivity index (χ2v) is 6.21. The number of carbonyl (C=O) groups is 2. The number of rotatable bonds is 3. The Bertz CT molecular complexity index is 671. The number of amides is 2. The molecule has 108 valence electrons. The van der Waals surface area contributed by atoms with Gasteiger partial charge < -0.3 is 16.8 Å². The van der Waals surface area contributed by atoms with Crippen LogP contribution in [0, 0.1) is 0 Å². The monoisotopic (exact) mass is 298 g/mol. The molecular formula is C11H14N4O4S. The van der Waals surface area contributed by atoms with Gasteiger partial charge in [0.05, 0.1) is 12.2 Å². The number of nitrogens with zero attached hydrogens (tertiary/aromatic N) is 1. The maximum Gasteiger partial charge on any atom is 0.248 e. The van der Waals surface area contributed by atoms with Gasteiger partial charge in [-0.15, -0.1) is 0 Å². The molecule has 1 aromatic carbocycles. The number of primary amides is 1. The molecule has 1 saturated heterocycles. The van der Waals surface area contributed by atoms with Gasteiger partial charge in [-0.2, -0.15) is 4.31 Å². The van der Waals surface area contributed by atoms with E-state index in [9.17, 15) is 18.0 Å². The molecule has 2 amide bonds. The number of nitrogen functional groups attached to an aromatic ring is 1. The zero-order chi connectivity index (χ0) is 14.9. The number of hydrogen-bond donors (Lipinski definition) is 3. The molecule has 0 bridgehead atoms. The normalized spacial score (nSPS) is 16.7. The van der Waals surface area contributed by atoms with E-state index in [0.29, 0.717) is 0 Å². The summed E-state index contributed by atoms with van der Waals surface area (Å²) >= 11 is 0. The number of nitrogens with one attached hydrogen (secondary N) is 1. The SMILES string of the molecule is NC(=O)c1ccc(S(=O)(=O)N2CCNC(=O)C2)c(N)c1. The van der Waals surface area contributed by atoms with E-state index in [1.165, 1.54) is 18.2 Å². The van der Waals surface area contributed by atoms with Crippen LogP contribution in [0.4, 0.5) is 5.69 Å². The van der Waals surface area contributed by atoms with Crippen LogP contribution in [0.5, 0.6) is 0 Å². The highest BCUT2D eigenvalue weighted by atomic mass is 32.2. The van der Waals surface area contributed by atoms with Crippen molar-refractivity contribution in [3.8, 4) is 0 Å². The van der Waals surface area contributed by atoms with Gasteiger partial charge in [0.15, 0.2) is 0 Å². The molecule has 0 radical (unpaired) electrons. The molecule has 20 heavy (non-hydrogen) atoms. The van der Waals surface area contributed by atoms with Crippen molar-refractivity contribution in [1.29, 1.82) is 0 Å². The zero-order valence-electron chi connectivity index (χ0n) is 10.5. The fraction of sp³-hybridized carbons (Fsp3) is 0.273. The Balaban J connectivity index is 2.39. The van der Waals surface area contributed by atoms with Crippen molar-refractivity contribution in [1.82, 2.24) is 9.62 Å². The highest BCUT2D eigenvalue weighted by molar-refractivity contribution is 7.89. The summed E-state index contributed by atoms with van der Waals surface area (Å²) in [4.78, 5) is 22.1. The third-order valence-corrected chi connectivity index (χ3v) is 4.83. The van der Waals surface area contributed by atoms with Crippen LogP contribution in [0.15, 0.2) is 23.1 Å². The fourth-order valence-electron chi connectivity index (χ4n) is 1.90. The summed E-state index contributed by atoms with van der Waals surface area (Å²) in [7, 11) is -3.87. The lowest BCUT2D eigenvalue weighted by molar-refractivity contribution is -0.122. The molecule has 1 aliphatic rings. The van der Waals surface area contributed by atoms with Crippen LogP contribution >= 0.6 is 0 Å². The van der Waals surface area contributed by atoms with Crippen molar-refractivity contribution in [3.05, 3.63) is 23.8 Å². The first-order chi connectivity index (χ1) is 9.32. The van der Waals surface area contributed by atoms with Crippen LogP contribution in [0.25, 0.3) is 0 Å². The smallest absolute Gasteiger partial charge is 0.248 e. The average Bonchev–Trinajstić information content (AvgIpc) is 2.38. The molecule has 0 aliphatic carbocycles. The van der Waals surface area contributed by atoms with E-state index in [1.807, 2.05) is 0 Å². The lowest BCUT2D eigenvalue weighted by Gasteiger charge is -2.26. The number of nitrogens with two attached hydrogens (primary N) is 2. The Morgan fingerprint density at radius 1 is 1.35 bits per heavy atom. The van der Waals surface area contributed by atoms with Gasteiger partial charge in [-0.05, 0) is 18.2 Å². The predicted octanol–water partition coefficient (Wildman–Crippen LogP) is -1.51. The number of hydrogen-bond acceptors (Lipinski definition) is 5. The Kier molecular flexibility index (Phi) is 3.64. The van der Waals surface area contributed by atoms with E-state index >= 15 is 0 Å². The largest absolute Gasteiger partial charge is 0.398 e. The van der Waals surface area contributed by atoms with Gasteiger partial charge in [-0.25, -0.2) is 8.42 Å². The number of carbonyl (C=O) groups excluding carboxylic acids is 2. The summed E-state index contributed by atoms with van der Waals surface area (Å²) in [5.41, 5.74) is 10.8. The topological polar surface area (TPSA) is 136 Å². The van der Waals surface area contributed by atoms with Crippen LogP contribution in [-0.4, -0.2) is 44.2 Å². The molecule has 0 saturated carbocycles. The Morgan fingerprint density at radius 2 is 2.05 bits per heavy atom. The lowest BCUT2D eigenvalue weighted by atomic mass is 10.2. The highest BCUT2D eigenvalue weighted by Crippen LogP contribution is 2.23. The van der Waals surface area contributed by atoms with E-state index in [0.717, 1.165) is 4.31 Å². The molecule has 2 rings (SSSR count). The predicted molar refractivity (Wildman–Crippen MR) is 71.1 cm³/mol. The maximum atomic E-state index is 12.4. The average molecular weight is 298 g/mol. The Morgan fingerprint density at radius 3 is 2.60 bits per heavy atom. The summed E-state index contributed by atoms with van der Waals surface area (Å²) in [5.74, 6) is -1.06. The number of anilines is 1. The van der Waals surface area contributed by atoms with Gasteiger partial charge >= 0.3 is 0 Å². The minimum Gasteiger partial charge on any atom is -0.398 e. The first-order valence-corrected chi connectivity index (χ1v) is 7.22. The van der Waals surface area contributed by atoms with Crippen LogP contribution in [0.1, 0.15) is 10.4 Å². The molecule has 1 fully saturated rings. The van der Waals surface area contributed by atoms with Crippen molar-refractivity contribution in [3.63, 3.8) is 0 Å². The number of sulfonamides is 1. The van der Waals surface area contributed by atoms with Crippen molar-refractivity contribution in [2.75, 3.05) is 25.4 Å². The Hall–Kier alpha value is -2.13. The standard InChI is InChI=1S/C11H14N4O4S/c12-8-5-7(11(13)17)1-2-9(8)20(18,19)15-4-3-14-10(16)6-15/h1-2,5H,3-4,6,12H2,(H2,13,17)(H,14,16). The van der Waals surface area contributed by atoms with Gasteiger partial charge in [0.1, 0.15) is 4.90 Å². The van der Waals surface area contributed by atoms with Crippen molar-refractivity contribution in [2.24, 2.45) is 5.73 Å². The minimum atomic E-state index is -3.87. The summed E-state index contributed by atoms with van der Waals surface area (Å²) in [6.07, 6.45) is 0. The van der Waals surface area contributed by atoms with Crippen LogP contribution < -0.4 is 16.8 Å². The third-order valence-electron chi connectivity index (χ3n) is 2.92. The van der Waals surface area contributed by atoms with E-state index in [2.05, 4.69) is 5.32 Å². The van der Waals surface area contributed by atoms with Gasteiger partial charge in [0, 0.05) is 18.7 Å². The molecule has 5 N–H and O–H groups in total. The van der Waals surface area contributed by atoms with Gasteiger partial charge in [-0.3, -0.25) is 9.59 Å². The van der Waals surface area contributed by atoms with Crippen LogP contribution in [-0.2, 0) is 14.8 Å². The minimum absolute atomic E-state index is 0.0766. The summed E-state index contributed by atoms with van der Waals surface area (Å²) in [6.45, 7) is 0.168. The van der Waals surface area contributed by atoms with E-state index in [-0.39, 0.29) is 41.7 Å². The molecule has 1 aliphatic heterocycles. The second-order valence-electron chi connectivity index (χ2n) is 4.31. The number of piperazine rings is 1. The molecule has 0 unspecified atom stereocenters. The van der Waals surface area contributed by atoms with Crippen LogP contribution in [0.2, 0.25) is 0 Å². The fourth-order valence-corrected chi connectivity index (χ4v) is 3.39. The van der Waals surface area contributed by atoms with E-state index < -0.39 is 15.9 Å². The number of benzene rings is 1. The molecule has 0 spiro atoms. The van der Waals surface area contributed by atoms with Crippen molar-refractivity contribution < 1.29 is 18.0 Å². The summed E-state index contributed by atoms with van der Waals surface area (Å²) in [6, 6.07) is 3.71. The molecule has 1 aromatic rings. The van der Waals surface area contributed by atoms with Crippen molar-refractivity contribution >= 4 is 27.5 Å². The van der Waals surface area contributed by atoms with Gasteiger partial charge in [-0.1, -0.05) is 0 Å². The molecule has 0 aromatic heterocycles.